The van der Waals surface area contributed by atoms with Crippen molar-refractivity contribution in [1.29, 1.82) is 0 Å². The third-order valence-corrected chi connectivity index (χ3v) is 1.98. The fourth-order valence-corrected chi connectivity index (χ4v) is 1.30. The van der Waals surface area contributed by atoms with Crippen LogP contribution in [0.25, 0.3) is 0 Å². The summed E-state index contributed by atoms with van der Waals surface area (Å²) in [6.45, 7) is 3.07. The monoisotopic (exact) mass is 129 g/mol. The normalized spacial score (nSPS) is 36.7. The highest BCUT2D eigenvalue weighted by molar-refractivity contribution is 4.75. The van der Waals surface area contributed by atoms with Gasteiger partial charge in [0.25, 0.3) is 0 Å². The molecule has 0 amide bonds. The predicted octanol–water partition coefficient (Wildman–Crippen LogP) is 0.773. The van der Waals surface area contributed by atoms with Crippen LogP contribution >= 0.6 is 0 Å². The number of hydrogen-bond acceptors (Lipinski definition) is 2. The molecule has 1 aliphatic rings. The van der Waals surface area contributed by atoms with Crippen LogP contribution in [0.4, 0.5) is 0 Å². The molecule has 0 radical (unpaired) electrons. The Hall–Kier alpha value is -0.0800. The van der Waals surface area contributed by atoms with Crippen LogP contribution in [-0.4, -0.2) is 25.8 Å². The van der Waals surface area contributed by atoms with Crippen molar-refractivity contribution in [3.05, 3.63) is 0 Å². The summed E-state index contributed by atoms with van der Waals surface area (Å²) in [6.07, 6.45) is 2.87. The van der Waals surface area contributed by atoms with Gasteiger partial charge in [0, 0.05) is 12.6 Å². The van der Waals surface area contributed by atoms with Gasteiger partial charge in [0.05, 0.1) is 6.10 Å². The quantitative estimate of drug-likeness (QED) is 0.564. The molecule has 1 aliphatic heterocycles. The standard InChI is InChI=1S/C7H15NO/c1-6-7(8-2)4-3-5-9-6/h6-8H,3-5H2,1-2H3/t6-,7?/m1/s1. The van der Waals surface area contributed by atoms with Gasteiger partial charge in [-0.25, -0.2) is 0 Å². The summed E-state index contributed by atoms with van der Waals surface area (Å²) in [4.78, 5) is 0. The van der Waals surface area contributed by atoms with Gasteiger partial charge in [0.1, 0.15) is 0 Å². The van der Waals surface area contributed by atoms with Crippen molar-refractivity contribution in [2.75, 3.05) is 13.7 Å². The number of hydrogen-bond donors (Lipinski definition) is 1. The van der Waals surface area contributed by atoms with Crippen molar-refractivity contribution < 1.29 is 4.74 Å². The van der Waals surface area contributed by atoms with E-state index >= 15 is 0 Å². The lowest BCUT2D eigenvalue weighted by Crippen LogP contribution is -2.40. The first-order valence-electron chi connectivity index (χ1n) is 3.63. The minimum absolute atomic E-state index is 0.406. The molecule has 0 aromatic carbocycles. The molecule has 0 aliphatic carbocycles. The van der Waals surface area contributed by atoms with E-state index in [1.165, 1.54) is 12.8 Å². The first-order chi connectivity index (χ1) is 4.34. The van der Waals surface area contributed by atoms with Crippen LogP contribution < -0.4 is 5.32 Å². The van der Waals surface area contributed by atoms with Crippen LogP contribution in [0.3, 0.4) is 0 Å². The molecule has 2 nitrogen and oxygen atoms in total. The zero-order valence-electron chi connectivity index (χ0n) is 6.18. The van der Waals surface area contributed by atoms with Gasteiger partial charge >= 0.3 is 0 Å². The van der Waals surface area contributed by atoms with E-state index in [2.05, 4.69) is 12.2 Å². The van der Waals surface area contributed by atoms with Gasteiger partial charge < -0.3 is 10.1 Å². The summed E-state index contributed by atoms with van der Waals surface area (Å²) in [5.41, 5.74) is 0. The maximum atomic E-state index is 5.42. The number of rotatable bonds is 1. The SMILES string of the molecule is CNC1CCCO[C@@H]1C. The average Bonchev–Trinajstić information content (AvgIpc) is 1.89. The van der Waals surface area contributed by atoms with Crippen LogP contribution in [0, 0.1) is 0 Å². The fraction of sp³-hybridized carbons (Fsp3) is 1.00. The van der Waals surface area contributed by atoms with Crippen molar-refractivity contribution in [1.82, 2.24) is 5.32 Å². The minimum Gasteiger partial charge on any atom is -0.377 e. The molecule has 0 aromatic heterocycles. The zero-order chi connectivity index (χ0) is 6.69. The highest BCUT2D eigenvalue weighted by Crippen LogP contribution is 2.12. The van der Waals surface area contributed by atoms with Crippen molar-refractivity contribution in [3.8, 4) is 0 Å². The van der Waals surface area contributed by atoms with Gasteiger partial charge in [-0.3, -0.25) is 0 Å². The summed E-state index contributed by atoms with van der Waals surface area (Å²) < 4.78 is 5.42. The van der Waals surface area contributed by atoms with Crippen molar-refractivity contribution in [3.63, 3.8) is 0 Å². The maximum Gasteiger partial charge on any atom is 0.0699 e. The lowest BCUT2D eigenvalue weighted by Gasteiger charge is -2.28. The molecule has 0 spiro atoms. The molecule has 9 heavy (non-hydrogen) atoms. The van der Waals surface area contributed by atoms with Crippen molar-refractivity contribution in [2.45, 2.75) is 31.9 Å². The average molecular weight is 129 g/mol. The topological polar surface area (TPSA) is 21.3 Å². The van der Waals surface area contributed by atoms with E-state index in [1.54, 1.807) is 0 Å². The predicted molar refractivity (Wildman–Crippen MR) is 37.5 cm³/mol. The van der Waals surface area contributed by atoms with Gasteiger partial charge in [0.15, 0.2) is 0 Å². The number of ether oxygens (including phenoxy) is 1. The number of likely N-dealkylation sites (N-methyl/N-ethyl adjacent to an activating group) is 1. The van der Waals surface area contributed by atoms with Crippen LogP contribution in [-0.2, 0) is 4.74 Å². The molecule has 1 unspecified atom stereocenters. The largest absolute Gasteiger partial charge is 0.377 e. The van der Waals surface area contributed by atoms with Crippen LogP contribution in [0.5, 0.6) is 0 Å². The van der Waals surface area contributed by atoms with Gasteiger partial charge in [-0.2, -0.15) is 0 Å². The molecule has 1 fully saturated rings. The summed E-state index contributed by atoms with van der Waals surface area (Å²) in [7, 11) is 2.00. The molecular weight excluding hydrogens is 114 g/mol. The number of nitrogens with one attached hydrogen (secondary N) is 1. The van der Waals surface area contributed by atoms with E-state index in [1.807, 2.05) is 7.05 Å². The van der Waals surface area contributed by atoms with Crippen LogP contribution in [0.2, 0.25) is 0 Å². The van der Waals surface area contributed by atoms with Gasteiger partial charge in [0.2, 0.25) is 0 Å². The summed E-state index contributed by atoms with van der Waals surface area (Å²) in [5.74, 6) is 0. The molecule has 1 heterocycles. The Labute approximate surface area is 56.6 Å². The van der Waals surface area contributed by atoms with Crippen LogP contribution in [0.15, 0.2) is 0 Å². The van der Waals surface area contributed by atoms with E-state index in [0.717, 1.165) is 6.61 Å². The molecule has 2 atom stereocenters. The molecule has 1 saturated heterocycles. The van der Waals surface area contributed by atoms with E-state index < -0.39 is 0 Å². The van der Waals surface area contributed by atoms with Gasteiger partial charge in [-0.05, 0) is 26.8 Å². The Morgan fingerprint density at radius 1 is 1.56 bits per heavy atom. The first kappa shape index (κ1) is 7.03. The third kappa shape index (κ3) is 1.66. The first-order valence-corrected chi connectivity index (χ1v) is 3.63. The molecule has 54 valence electrons. The Balaban J connectivity index is 2.30. The summed E-state index contributed by atoms with van der Waals surface area (Å²) in [5, 5.41) is 3.23. The molecule has 1 N–H and O–H groups in total. The highest BCUT2D eigenvalue weighted by atomic mass is 16.5. The Morgan fingerprint density at radius 3 is 2.78 bits per heavy atom. The molecule has 0 aromatic rings. The van der Waals surface area contributed by atoms with E-state index in [-0.39, 0.29) is 0 Å². The van der Waals surface area contributed by atoms with Crippen molar-refractivity contribution in [2.24, 2.45) is 0 Å². The summed E-state index contributed by atoms with van der Waals surface area (Å²) in [6, 6.07) is 0.582. The minimum atomic E-state index is 0.406. The zero-order valence-corrected chi connectivity index (χ0v) is 6.18. The van der Waals surface area contributed by atoms with E-state index in [0.29, 0.717) is 12.1 Å². The molecule has 2 heteroatoms. The second-order valence-corrected chi connectivity index (χ2v) is 2.61. The molecular formula is C7H15NO. The summed E-state index contributed by atoms with van der Waals surface area (Å²) >= 11 is 0. The van der Waals surface area contributed by atoms with Gasteiger partial charge in [-0.15, -0.1) is 0 Å². The Morgan fingerprint density at radius 2 is 2.33 bits per heavy atom. The molecule has 0 saturated carbocycles. The van der Waals surface area contributed by atoms with Crippen molar-refractivity contribution >= 4 is 0 Å². The second kappa shape index (κ2) is 3.18. The molecule has 1 rings (SSSR count). The molecule has 0 bridgehead atoms. The van der Waals surface area contributed by atoms with Gasteiger partial charge in [-0.1, -0.05) is 0 Å². The highest BCUT2D eigenvalue weighted by Gasteiger charge is 2.19. The maximum absolute atomic E-state index is 5.42. The van der Waals surface area contributed by atoms with E-state index in [9.17, 15) is 0 Å². The second-order valence-electron chi connectivity index (χ2n) is 2.61. The lowest BCUT2D eigenvalue weighted by molar-refractivity contribution is 0.00511. The third-order valence-electron chi connectivity index (χ3n) is 1.98. The Bertz CT molecular complexity index is 85.0. The smallest absolute Gasteiger partial charge is 0.0699 e. The lowest BCUT2D eigenvalue weighted by atomic mass is 10.0. The fourth-order valence-electron chi connectivity index (χ4n) is 1.30. The van der Waals surface area contributed by atoms with E-state index in [4.69, 9.17) is 4.74 Å². The Kier molecular flexibility index (Phi) is 2.49. The van der Waals surface area contributed by atoms with Crippen LogP contribution in [0.1, 0.15) is 19.8 Å².